The van der Waals surface area contributed by atoms with E-state index in [1.165, 1.54) is 0 Å². The Balaban J connectivity index is 1.37. The van der Waals surface area contributed by atoms with E-state index in [4.69, 9.17) is 0 Å². The Bertz CT molecular complexity index is 1540. The van der Waals surface area contributed by atoms with E-state index >= 15 is 0 Å². The fourth-order valence-electron chi connectivity index (χ4n) is 3.56. The van der Waals surface area contributed by atoms with Gasteiger partial charge in [0.2, 0.25) is 0 Å². The first-order valence-corrected chi connectivity index (χ1v) is 10.5. The van der Waals surface area contributed by atoms with Crippen LogP contribution in [0.4, 0.5) is 11.4 Å². The number of carbonyl (C=O) groups excluding carboxylic acids is 2. The molecule has 0 unspecified atom stereocenters. The van der Waals surface area contributed by atoms with Crippen LogP contribution in [0.5, 0.6) is 0 Å². The van der Waals surface area contributed by atoms with Crippen LogP contribution in [-0.4, -0.2) is 46.0 Å². The number of carbonyl (C=O) groups is 2. The molecular weight excluding hydrogens is 434 g/mol. The number of nitrogens with zero attached hydrogens (tertiary/aromatic N) is 7. The third-order valence-electron chi connectivity index (χ3n) is 5.43. The molecule has 0 spiro atoms. The molecule has 34 heavy (non-hydrogen) atoms. The van der Waals surface area contributed by atoms with E-state index in [2.05, 4.69) is 30.9 Å². The van der Waals surface area contributed by atoms with Crippen molar-refractivity contribution in [2.75, 3.05) is 10.6 Å². The van der Waals surface area contributed by atoms with Crippen molar-refractivity contribution in [1.82, 2.24) is 34.2 Å². The lowest BCUT2D eigenvalue weighted by Gasteiger charge is -2.07. The largest absolute Gasteiger partial charge is 0.321 e. The van der Waals surface area contributed by atoms with Crippen LogP contribution in [0.1, 0.15) is 26.7 Å². The molecule has 0 fully saturated rings. The number of hydrogen-bond donors (Lipinski definition) is 2. The fraction of sp³-hybridized carbons (Fsp3) is 0.130. The Morgan fingerprint density at radius 2 is 1.65 bits per heavy atom. The van der Waals surface area contributed by atoms with Crippen molar-refractivity contribution in [3.05, 3.63) is 78.1 Å². The monoisotopic (exact) mass is 455 g/mol. The second-order valence-electron chi connectivity index (χ2n) is 7.76. The van der Waals surface area contributed by atoms with Crippen molar-refractivity contribution >= 4 is 28.8 Å². The van der Waals surface area contributed by atoms with E-state index in [1.54, 1.807) is 75.9 Å². The Labute approximate surface area is 194 Å². The maximum Gasteiger partial charge on any atom is 0.276 e. The quantitative estimate of drug-likeness (QED) is 0.420. The summed E-state index contributed by atoms with van der Waals surface area (Å²) in [7, 11) is 3.61. The van der Waals surface area contributed by atoms with Crippen LogP contribution in [-0.2, 0) is 14.1 Å². The van der Waals surface area contributed by atoms with Crippen LogP contribution in [0.15, 0.2) is 61.1 Å². The molecule has 0 aliphatic rings. The molecule has 0 radical (unpaired) electrons. The Hall–Kier alpha value is -4.80. The summed E-state index contributed by atoms with van der Waals surface area (Å²) < 4.78 is 4.96. The number of amides is 2. The van der Waals surface area contributed by atoms with Crippen molar-refractivity contribution in [1.29, 1.82) is 0 Å². The summed E-state index contributed by atoms with van der Waals surface area (Å²) in [6, 6.07) is 11.9. The van der Waals surface area contributed by atoms with Crippen molar-refractivity contribution in [3.63, 3.8) is 0 Å². The van der Waals surface area contributed by atoms with Crippen LogP contribution in [0.25, 0.3) is 16.9 Å². The Morgan fingerprint density at radius 1 is 0.912 bits per heavy atom. The summed E-state index contributed by atoms with van der Waals surface area (Å²) in [5.74, 6) is -0.735. The lowest BCUT2D eigenvalue weighted by Crippen LogP contribution is -2.15. The van der Waals surface area contributed by atoms with Crippen molar-refractivity contribution in [2.45, 2.75) is 6.92 Å². The summed E-state index contributed by atoms with van der Waals surface area (Å²) in [5.41, 5.74) is 4.76. The van der Waals surface area contributed by atoms with Crippen LogP contribution in [0.2, 0.25) is 0 Å². The van der Waals surface area contributed by atoms with E-state index in [9.17, 15) is 9.59 Å². The molecule has 0 atom stereocenters. The molecule has 0 bridgehead atoms. The van der Waals surface area contributed by atoms with E-state index < -0.39 is 5.91 Å². The normalized spacial score (nSPS) is 11.0. The second kappa shape index (κ2) is 8.28. The lowest BCUT2D eigenvalue weighted by molar-refractivity contribution is 0.101. The van der Waals surface area contributed by atoms with Crippen LogP contribution >= 0.6 is 0 Å². The van der Waals surface area contributed by atoms with Crippen molar-refractivity contribution < 1.29 is 9.59 Å². The smallest absolute Gasteiger partial charge is 0.276 e. The summed E-state index contributed by atoms with van der Waals surface area (Å²) >= 11 is 0. The first-order valence-electron chi connectivity index (χ1n) is 10.5. The molecule has 0 saturated carbocycles. The summed E-state index contributed by atoms with van der Waals surface area (Å²) in [5, 5.41) is 18.4. The molecule has 5 aromatic rings. The lowest BCUT2D eigenvalue weighted by atomic mass is 10.2. The van der Waals surface area contributed by atoms with Crippen LogP contribution in [0.3, 0.4) is 0 Å². The van der Waals surface area contributed by atoms with Gasteiger partial charge in [-0.2, -0.15) is 15.3 Å². The third-order valence-corrected chi connectivity index (χ3v) is 5.43. The predicted octanol–water partition coefficient (Wildman–Crippen LogP) is 2.68. The van der Waals surface area contributed by atoms with Gasteiger partial charge in [-0.1, -0.05) is 6.07 Å². The highest BCUT2D eigenvalue weighted by Crippen LogP contribution is 2.23. The maximum absolute atomic E-state index is 12.9. The molecule has 0 aliphatic carbocycles. The first-order chi connectivity index (χ1) is 16.4. The molecular formula is C23H21N9O2. The number of hydrogen-bond acceptors (Lipinski definition) is 6. The van der Waals surface area contributed by atoms with Gasteiger partial charge in [0.25, 0.3) is 11.8 Å². The fourth-order valence-corrected chi connectivity index (χ4v) is 3.56. The summed E-state index contributed by atoms with van der Waals surface area (Å²) in [6.07, 6.45) is 5.13. The van der Waals surface area contributed by atoms with Gasteiger partial charge in [0, 0.05) is 55.2 Å². The molecule has 2 N–H and O–H groups in total. The van der Waals surface area contributed by atoms with E-state index in [-0.39, 0.29) is 11.6 Å². The Kier molecular flexibility index (Phi) is 5.13. The molecule has 4 aromatic heterocycles. The third kappa shape index (κ3) is 3.90. The standard InChI is InChI=1S/C23H21N9O2/c1-14-17(13-25-31(14)3)20-7-9-24-21-12-19(29-32(20)21)23(34)27-16-6-4-5-15(11-16)26-22(33)18-8-10-30(2)28-18/h4-13H,1-3H3,(H,26,33)(H,27,34). The molecule has 11 heteroatoms. The number of nitrogens with one attached hydrogen (secondary N) is 2. The average molecular weight is 455 g/mol. The summed E-state index contributed by atoms with van der Waals surface area (Å²) in [4.78, 5) is 29.6. The number of aromatic nitrogens is 7. The molecule has 4 heterocycles. The Morgan fingerprint density at radius 3 is 2.29 bits per heavy atom. The topological polar surface area (TPSA) is 124 Å². The molecule has 11 nitrogen and oxygen atoms in total. The molecule has 5 rings (SSSR count). The van der Waals surface area contributed by atoms with Crippen LogP contribution < -0.4 is 10.6 Å². The number of aryl methyl sites for hydroxylation is 2. The zero-order valence-electron chi connectivity index (χ0n) is 18.7. The maximum atomic E-state index is 12.9. The molecule has 0 saturated heterocycles. The summed E-state index contributed by atoms with van der Waals surface area (Å²) in [6.45, 7) is 1.96. The minimum Gasteiger partial charge on any atom is -0.321 e. The number of anilines is 2. The number of benzene rings is 1. The zero-order chi connectivity index (χ0) is 23.8. The molecule has 170 valence electrons. The first kappa shape index (κ1) is 21.1. The van der Waals surface area contributed by atoms with Crippen molar-refractivity contribution in [3.8, 4) is 11.3 Å². The minimum absolute atomic E-state index is 0.212. The van der Waals surface area contributed by atoms with Gasteiger partial charge in [-0.3, -0.25) is 19.0 Å². The predicted molar refractivity (Wildman–Crippen MR) is 125 cm³/mol. The van der Waals surface area contributed by atoms with Gasteiger partial charge in [0.05, 0.1) is 11.9 Å². The number of rotatable bonds is 5. The average Bonchev–Trinajstić information content (AvgIpc) is 3.53. The van der Waals surface area contributed by atoms with Gasteiger partial charge >= 0.3 is 0 Å². The van der Waals surface area contributed by atoms with E-state index in [1.807, 2.05) is 20.0 Å². The highest BCUT2D eigenvalue weighted by molar-refractivity contribution is 6.05. The van der Waals surface area contributed by atoms with Gasteiger partial charge in [-0.25, -0.2) is 9.50 Å². The molecule has 2 amide bonds. The van der Waals surface area contributed by atoms with Gasteiger partial charge in [-0.15, -0.1) is 0 Å². The minimum atomic E-state index is -0.396. The van der Waals surface area contributed by atoms with Gasteiger partial charge < -0.3 is 10.6 Å². The van der Waals surface area contributed by atoms with Gasteiger partial charge in [-0.05, 0) is 37.3 Å². The second-order valence-corrected chi connectivity index (χ2v) is 7.76. The van der Waals surface area contributed by atoms with E-state index in [0.29, 0.717) is 22.7 Å². The highest BCUT2D eigenvalue weighted by Gasteiger charge is 2.17. The highest BCUT2D eigenvalue weighted by atomic mass is 16.2. The SMILES string of the molecule is Cc1c(-c2ccnc3cc(C(=O)Nc4cccc(NC(=O)c5ccn(C)n5)c4)nn23)cnn1C. The zero-order valence-corrected chi connectivity index (χ0v) is 18.7. The van der Waals surface area contributed by atoms with Crippen LogP contribution in [0, 0.1) is 6.92 Å². The van der Waals surface area contributed by atoms with Gasteiger partial charge in [0.1, 0.15) is 0 Å². The van der Waals surface area contributed by atoms with E-state index in [0.717, 1.165) is 17.0 Å². The molecule has 1 aromatic carbocycles. The van der Waals surface area contributed by atoms with Crippen molar-refractivity contribution in [2.24, 2.45) is 14.1 Å². The molecule has 0 aliphatic heterocycles. The number of fused-ring (bicyclic) bond motifs is 1. The van der Waals surface area contributed by atoms with Gasteiger partial charge in [0.15, 0.2) is 17.0 Å².